The molecule has 1 atom stereocenters. The first-order chi connectivity index (χ1) is 10.0. The lowest BCUT2D eigenvalue weighted by molar-refractivity contribution is 0.0621. The first-order valence-corrected chi connectivity index (χ1v) is 6.12. The molecule has 2 aromatic rings. The Hall–Kier alpha value is -2.15. The highest BCUT2D eigenvalue weighted by Crippen LogP contribution is 2.33. The molecule has 112 valence electrons. The second kappa shape index (κ2) is 6.53. The van der Waals surface area contributed by atoms with E-state index in [-0.39, 0.29) is 28.1 Å². The van der Waals surface area contributed by atoms with Crippen LogP contribution in [0, 0.1) is 5.82 Å². The van der Waals surface area contributed by atoms with E-state index in [4.69, 9.17) is 25.8 Å². The smallest absolute Gasteiger partial charge is 0.267 e. The zero-order valence-corrected chi connectivity index (χ0v) is 11.9. The summed E-state index contributed by atoms with van der Waals surface area (Å²) in [6, 6.07) is 2.48. The maximum Gasteiger partial charge on any atom is 0.267 e. The third-order valence-corrected chi connectivity index (χ3v) is 2.77. The Morgan fingerprint density at radius 2 is 1.76 bits per heavy atom. The summed E-state index contributed by atoms with van der Waals surface area (Å²) in [5.41, 5.74) is -0.360. The van der Waals surface area contributed by atoms with Crippen LogP contribution in [0.3, 0.4) is 0 Å². The molecule has 1 aromatic heterocycles. The standard InChI is InChI=1S/C13H11ClF2N2O3/c1-19-7-3-9(11(15)10(4-7)20-2)12(16)21-8-5-17-13(14)18-6-8/h3-6,12H,1-2H3. The zero-order valence-electron chi connectivity index (χ0n) is 11.1. The maximum atomic E-state index is 14.2. The fraction of sp³-hybridized carbons (Fsp3) is 0.231. The van der Waals surface area contributed by atoms with Crippen LogP contribution in [0.1, 0.15) is 11.9 Å². The molecular formula is C13H11ClF2N2O3. The van der Waals surface area contributed by atoms with Crippen LogP contribution in [0.4, 0.5) is 8.78 Å². The Bertz CT molecular complexity index is 626. The molecule has 5 nitrogen and oxygen atoms in total. The summed E-state index contributed by atoms with van der Waals surface area (Å²) in [5.74, 6) is -0.779. The third-order valence-electron chi connectivity index (χ3n) is 2.58. The van der Waals surface area contributed by atoms with Gasteiger partial charge >= 0.3 is 0 Å². The van der Waals surface area contributed by atoms with E-state index in [2.05, 4.69) is 9.97 Å². The highest BCUT2D eigenvalue weighted by Gasteiger charge is 2.22. The van der Waals surface area contributed by atoms with Crippen LogP contribution in [0.2, 0.25) is 5.28 Å². The van der Waals surface area contributed by atoms with Crippen molar-refractivity contribution in [2.45, 2.75) is 6.36 Å². The van der Waals surface area contributed by atoms with Crippen molar-refractivity contribution in [3.8, 4) is 17.2 Å². The van der Waals surface area contributed by atoms with Gasteiger partial charge in [0.05, 0.1) is 32.2 Å². The van der Waals surface area contributed by atoms with Gasteiger partial charge in [0.15, 0.2) is 17.3 Å². The summed E-state index contributed by atoms with van der Waals surface area (Å²) in [5, 5.41) is -0.00742. The van der Waals surface area contributed by atoms with E-state index in [1.54, 1.807) is 0 Å². The summed E-state index contributed by atoms with van der Waals surface area (Å²) in [6.45, 7) is 0. The SMILES string of the molecule is COc1cc(OC)c(F)c(C(F)Oc2cnc(Cl)nc2)c1. The van der Waals surface area contributed by atoms with Gasteiger partial charge in [-0.25, -0.2) is 14.4 Å². The fourth-order valence-electron chi connectivity index (χ4n) is 1.57. The van der Waals surface area contributed by atoms with Gasteiger partial charge in [-0.3, -0.25) is 0 Å². The van der Waals surface area contributed by atoms with Gasteiger partial charge in [0.2, 0.25) is 5.28 Å². The van der Waals surface area contributed by atoms with Gasteiger partial charge in [-0.05, 0) is 17.7 Å². The van der Waals surface area contributed by atoms with E-state index >= 15 is 0 Å². The van der Waals surface area contributed by atoms with Crippen molar-refractivity contribution in [2.24, 2.45) is 0 Å². The molecule has 0 amide bonds. The summed E-state index contributed by atoms with van der Waals surface area (Å²) in [6.07, 6.45) is 0.271. The summed E-state index contributed by atoms with van der Waals surface area (Å²) in [7, 11) is 2.64. The van der Waals surface area contributed by atoms with E-state index < -0.39 is 12.2 Å². The lowest BCUT2D eigenvalue weighted by atomic mass is 10.2. The van der Waals surface area contributed by atoms with E-state index in [0.717, 1.165) is 0 Å². The van der Waals surface area contributed by atoms with Crippen LogP contribution >= 0.6 is 11.6 Å². The number of methoxy groups -OCH3 is 2. The molecule has 0 aliphatic heterocycles. The molecule has 0 fully saturated rings. The Labute approximate surface area is 124 Å². The van der Waals surface area contributed by atoms with Crippen LogP contribution < -0.4 is 14.2 Å². The molecule has 2 rings (SSSR count). The third kappa shape index (κ3) is 3.49. The average Bonchev–Trinajstić information content (AvgIpc) is 2.49. The Kier molecular flexibility index (Phi) is 4.74. The predicted molar refractivity (Wildman–Crippen MR) is 71.0 cm³/mol. The number of alkyl halides is 1. The number of aromatic nitrogens is 2. The molecule has 0 saturated carbocycles. The molecule has 0 radical (unpaired) electrons. The van der Waals surface area contributed by atoms with Crippen LogP contribution in [-0.4, -0.2) is 24.2 Å². The minimum atomic E-state index is -2.08. The maximum absolute atomic E-state index is 14.2. The van der Waals surface area contributed by atoms with Gasteiger partial charge in [-0.1, -0.05) is 0 Å². The summed E-state index contributed by atoms with van der Waals surface area (Å²) in [4.78, 5) is 7.27. The largest absolute Gasteiger partial charge is 0.497 e. The molecule has 0 N–H and O–H groups in total. The monoisotopic (exact) mass is 316 g/mol. The number of benzene rings is 1. The minimum Gasteiger partial charge on any atom is -0.497 e. The fourth-order valence-corrected chi connectivity index (χ4v) is 1.67. The Morgan fingerprint density at radius 1 is 1.10 bits per heavy atom. The molecule has 0 aliphatic carbocycles. The van der Waals surface area contributed by atoms with E-state index in [0.29, 0.717) is 0 Å². The second-order valence-electron chi connectivity index (χ2n) is 3.85. The van der Waals surface area contributed by atoms with Crippen molar-refractivity contribution < 1.29 is 23.0 Å². The Morgan fingerprint density at radius 3 is 2.33 bits per heavy atom. The van der Waals surface area contributed by atoms with E-state index in [9.17, 15) is 8.78 Å². The van der Waals surface area contributed by atoms with Crippen molar-refractivity contribution in [1.82, 2.24) is 9.97 Å². The number of hydrogen-bond donors (Lipinski definition) is 0. The molecule has 0 spiro atoms. The van der Waals surface area contributed by atoms with Crippen LogP contribution in [0.5, 0.6) is 17.2 Å². The van der Waals surface area contributed by atoms with Gasteiger partial charge in [-0.2, -0.15) is 4.39 Å². The van der Waals surface area contributed by atoms with Crippen LogP contribution in [0.15, 0.2) is 24.5 Å². The van der Waals surface area contributed by atoms with Crippen LogP contribution in [-0.2, 0) is 0 Å². The molecule has 8 heteroatoms. The highest BCUT2D eigenvalue weighted by atomic mass is 35.5. The number of hydrogen-bond acceptors (Lipinski definition) is 5. The molecule has 0 aliphatic rings. The number of halogens is 3. The molecule has 1 aromatic carbocycles. The van der Waals surface area contributed by atoms with Gasteiger partial charge < -0.3 is 14.2 Å². The zero-order chi connectivity index (χ0) is 15.4. The van der Waals surface area contributed by atoms with Gasteiger partial charge in [-0.15, -0.1) is 0 Å². The van der Waals surface area contributed by atoms with Crippen molar-refractivity contribution in [3.63, 3.8) is 0 Å². The van der Waals surface area contributed by atoms with E-state index in [1.165, 1.54) is 38.7 Å². The molecule has 0 bridgehead atoms. The van der Waals surface area contributed by atoms with Crippen molar-refractivity contribution in [2.75, 3.05) is 14.2 Å². The molecule has 1 heterocycles. The lowest BCUT2D eigenvalue weighted by Crippen LogP contribution is -2.06. The number of nitrogens with zero attached hydrogens (tertiary/aromatic N) is 2. The Balaban J connectivity index is 2.29. The summed E-state index contributed by atoms with van der Waals surface area (Å²) >= 11 is 5.51. The molecule has 1 unspecified atom stereocenters. The lowest BCUT2D eigenvalue weighted by Gasteiger charge is -2.15. The first-order valence-electron chi connectivity index (χ1n) is 5.75. The van der Waals surface area contributed by atoms with Crippen LogP contribution in [0.25, 0.3) is 0 Å². The minimum absolute atomic E-state index is 0.00742. The summed E-state index contributed by atoms with van der Waals surface area (Å²) < 4.78 is 42.9. The van der Waals surface area contributed by atoms with E-state index in [1.807, 2.05) is 0 Å². The predicted octanol–water partition coefficient (Wildman–Crippen LogP) is 3.33. The second-order valence-corrected chi connectivity index (χ2v) is 4.19. The van der Waals surface area contributed by atoms with Gasteiger partial charge in [0.1, 0.15) is 5.75 Å². The molecular weight excluding hydrogens is 306 g/mol. The van der Waals surface area contributed by atoms with Crippen molar-refractivity contribution in [1.29, 1.82) is 0 Å². The number of ether oxygens (including phenoxy) is 3. The normalized spacial score (nSPS) is 11.9. The molecule has 0 saturated heterocycles. The highest BCUT2D eigenvalue weighted by molar-refractivity contribution is 6.28. The average molecular weight is 317 g/mol. The topological polar surface area (TPSA) is 53.5 Å². The van der Waals surface area contributed by atoms with Crippen molar-refractivity contribution >= 4 is 11.6 Å². The van der Waals surface area contributed by atoms with Gasteiger partial charge in [0, 0.05) is 6.07 Å². The van der Waals surface area contributed by atoms with Gasteiger partial charge in [0.25, 0.3) is 6.36 Å². The number of rotatable bonds is 5. The first kappa shape index (κ1) is 15.2. The quantitative estimate of drug-likeness (QED) is 0.792. The van der Waals surface area contributed by atoms with Crippen molar-refractivity contribution in [3.05, 3.63) is 41.2 Å². The molecule has 21 heavy (non-hydrogen) atoms.